The van der Waals surface area contributed by atoms with Gasteiger partial charge >= 0.3 is 0 Å². The summed E-state index contributed by atoms with van der Waals surface area (Å²) in [6.07, 6.45) is 8.00. The Bertz CT molecular complexity index is 987. The molecule has 5 rings (SSSR count). The molecule has 166 valence electrons. The van der Waals surface area contributed by atoms with Gasteiger partial charge in [0.2, 0.25) is 0 Å². The van der Waals surface area contributed by atoms with Crippen LogP contribution in [0, 0.1) is 0 Å². The van der Waals surface area contributed by atoms with Gasteiger partial charge in [-0.2, -0.15) is 0 Å². The molecule has 0 spiro atoms. The first-order valence-electron chi connectivity index (χ1n) is 12.0. The van der Waals surface area contributed by atoms with Gasteiger partial charge < -0.3 is 13.9 Å². The Hall–Kier alpha value is -2.24. The molecule has 3 aromatic rings. The lowest BCUT2D eigenvalue weighted by atomic mass is 10.1. The zero-order chi connectivity index (χ0) is 20.9. The van der Waals surface area contributed by atoms with Crippen LogP contribution in [0.1, 0.15) is 38.5 Å². The van der Waals surface area contributed by atoms with E-state index in [0.717, 1.165) is 59.7 Å². The fourth-order valence-corrected chi connectivity index (χ4v) is 4.87. The number of fused-ring (bicyclic) bond motifs is 3. The number of nitrogens with zero attached hydrogens (tertiary/aromatic N) is 2. The zero-order valence-corrected chi connectivity index (χ0v) is 18.5. The van der Waals surface area contributed by atoms with Gasteiger partial charge in [-0.25, -0.2) is 0 Å². The maximum Gasteiger partial charge on any atom is 0.139 e. The molecule has 0 saturated carbocycles. The first kappa shape index (κ1) is 20.7. The van der Waals surface area contributed by atoms with Crippen LogP contribution in [0.25, 0.3) is 21.9 Å². The van der Waals surface area contributed by atoms with Crippen molar-refractivity contribution in [3.05, 3.63) is 36.4 Å². The van der Waals surface area contributed by atoms with E-state index in [4.69, 9.17) is 13.9 Å². The molecule has 0 atom stereocenters. The molecule has 0 radical (unpaired) electrons. The molecule has 0 bridgehead atoms. The van der Waals surface area contributed by atoms with Crippen molar-refractivity contribution < 1.29 is 13.9 Å². The van der Waals surface area contributed by atoms with E-state index < -0.39 is 0 Å². The first-order valence-corrected chi connectivity index (χ1v) is 12.0. The molecular formula is C26H34N2O3. The van der Waals surface area contributed by atoms with Gasteiger partial charge in [-0.05, 0) is 82.2 Å². The Kier molecular flexibility index (Phi) is 6.61. The predicted octanol–water partition coefficient (Wildman–Crippen LogP) is 5.32. The van der Waals surface area contributed by atoms with Gasteiger partial charge in [-0.1, -0.05) is 12.8 Å². The molecule has 2 aliphatic rings. The zero-order valence-electron chi connectivity index (χ0n) is 18.5. The molecule has 0 unspecified atom stereocenters. The van der Waals surface area contributed by atoms with Gasteiger partial charge in [-0.3, -0.25) is 9.80 Å². The summed E-state index contributed by atoms with van der Waals surface area (Å²) in [7, 11) is 0. The molecule has 1 aromatic heterocycles. The second-order valence-electron chi connectivity index (χ2n) is 8.92. The highest BCUT2D eigenvalue weighted by molar-refractivity contribution is 6.05. The van der Waals surface area contributed by atoms with Gasteiger partial charge in [0.25, 0.3) is 0 Å². The number of piperidine rings is 2. The van der Waals surface area contributed by atoms with Gasteiger partial charge in [-0.15, -0.1) is 0 Å². The lowest BCUT2D eigenvalue weighted by Crippen LogP contribution is -2.33. The third-order valence-corrected chi connectivity index (χ3v) is 6.66. The Labute approximate surface area is 184 Å². The molecule has 31 heavy (non-hydrogen) atoms. The number of furan rings is 1. The van der Waals surface area contributed by atoms with Crippen LogP contribution in [-0.4, -0.2) is 62.3 Å². The Morgan fingerprint density at radius 2 is 1.19 bits per heavy atom. The largest absolute Gasteiger partial charge is 0.492 e. The lowest BCUT2D eigenvalue weighted by molar-refractivity contribution is 0.183. The number of benzene rings is 2. The number of hydrogen-bond acceptors (Lipinski definition) is 5. The molecule has 5 heteroatoms. The molecule has 5 nitrogen and oxygen atoms in total. The predicted molar refractivity (Wildman–Crippen MR) is 125 cm³/mol. The molecule has 3 heterocycles. The van der Waals surface area contributed by atoms with Crippen LogP contribution in [0.5, 0.6) is 11.5 Å². The van der Waals surface area contributed by atoms with Crippen molar-refractivity contribution in [3.8, 4) is 11.5 Å². The first-order chi connectivity index (χ1) is 15.3. The van der Waals surface area contributed by atoms with Crippen molar-refractivity contribution in [2.75, 3.05) is 52.5 Å². The summed E-state index contributed by atoms with van der Waals surface area (Å²) in [6.45, 7) is 8.27. The SMILES string of the molecule is c1cc2c(cc1OCCN1CCCCC1)oc1ccc(OCCN3CCCCC3)cc12. The summed E-state index contributed by atoms with van der Waals surface area (Å²) >= 11 is 0. The van der Waals surface area contributed by atoms with Crippen LogP contribution in [-0.2, 0) is 0 Å². The molecule has 2 saturated heterocycles. The second kappa shape index (κ2) is 9.92. The van der Waals surface area contributed by atoms with E-state index >= 15 is 0 Å². The summed E-state index contributed by atoms with van der Waals surface area (Å²) in [5.74, 6) is 1.79. The molecule has 0 amide bonds. The van der Waals surface area contributed by atoms with Crippen LogP contribution in [0.3, 0.4) is 0 Å². The highest BCUT2D eigenvalue weighted by Crippen LogP contribution is 2.33. The quantitative estimate of drug-likeness (QED) is 0.491. The van der Waals surface area contributed by atoms with Crippen molar-refractivity contribution in [2.24, 2.45) is 0 Å². The molecule has 2 aromatic carbocycles. The van der Waals surface area contributed by atoms with E-state index in [9.17, 15) is 0 Å². The molecule has 2 aliphatic heterocycles. The summed E-state index contributed by atoms with van der Waals surface area (Å²) in [5, 5.41) is 2.21. The van der Waals surface area contributed by atoms with Crippen molar-refractivity contribution >= 4 is 21.9 Å². The minimum atomic E-state index is 0.723. The smallest absolute Gasteiger partial charge is 0.139 e. The van der Waals surface area contributed by atoms with Crippen LogP contribution < -0.4 is 9.47 Å². The van der Waals surface area contributed by atoms with E-state index in [-0.39, 0.29) is 0 Å². The Morgan fingerprint density at radius 3 is 1.84 bits per heavy atom. The van der Waals surface area contributed by atoms with E-state index in [1.54, 1.807) is 0 Å². The Balaban J connectivity index is 1.20. The molecule has 2 fully saturated rings. The highest BCUT2D eigenvalue weighted by Gasteiger charge is 2.13. The third-order valence-electron chi connectivity index (χ3n) is 6.66. The number of likely N-dealkylation sites (tertiary alicyclic amines) is 2. The fourth-order valence-electron chi connectivity index (χ4n) is 4.87. The average molecular weight is 423 g/mol. The van der Waals surface area contributed by atoms with Crippen LogP contribution >= 0.6 is 0 Å². The fraction of sp³-hybridized carbons (Fsp3) is 0.538. The second-order valence-corrected chi connectivity index (χ2v) is 8.92. The number of hydrogen-bond donors (Lipinski definition) is 0. The van der Waals surface area contributed by atoms with Gasteiger partial charge in [0.1, 0.15) is 35.9 Å². The molecular weight excluding hydrogens is 388 g/mol. The molecule has 0 aliphatic carbocycles. The highest BCUT2D eigenvalue weighted by atomic mass is 16.5. The minimum absolute atomic E-state index is 0.723. The Morgan fingerprint density at radius 1 is 0.613 bits per heavy atom. The number of rotatable bonds is 8. The maximum absolute atomic E-state index is 6.09. The summed E-state index contributed by atoms with van der Waals surface area (Å²) < 4.78 is 18.2. The summed E-state index contributed by atoms with van der Waals surface area (Å²) in [5.41, 5.74) is 1.76. The monoisotopic (exact) mass is 422 g/mol. The van der Waals surface area contributed by atoms with E-state index in [1.165, 1.54) is 64.7 Å². The average Bonchev–Trinajstić information content (AvgIpc) is 3.18. The van der Waals surface area contributed by atoms with Gasteiger partial charge in [0.15, 0.2) is 0 Å². The maximum atomic E-state index is 6.09. The normalized spacial score (nSPS) is 18.6. The standard InChI is InChI=1S/C26H34N2O3/c1-3-11-27(12-4-1)15-17-29-21-8-10-25-24(19-21)23-9-7-22(20-26(23)31-25)30-18-16-28-13-5-2-6-14-28/h7-10,19-20H,1-6,11-18H2. The van der Waals surface area contributed by atoms with Crippen molar-refractivity contribution in [3.63, 3.8) is 0 Å². The van der Waals surface area contributed by atoms with E-state index in [0.29, 0.717) is 0 Å². The van der Waals surface area contributed by atoms with E-state index in [1.807, 2.05) is 18.2 Å². The van der Waals surface area contributed by atoms with Crippen molar-refractivity contribution in [2.45, 2.75) is 38.5 Å². The minimum Gasteiger partial charge on any atom is -0.492 e. The lowest BCUT2D eigenvalue weighted by Gasteiger charge is -2.26. The van der Waals surface area contributed by atoms with E-state index in [2.05, 4.69) is 28.0 Å². The topological polar surface area (TPSA) is 38.1 Å². The third kappa shape index (κ3) is 5.16. The van der Waals surface area contributed by atoms with Crippen molar-refractivity contribution in [1.29, 1.82) is 0 Å². The van der Waals surface area contributed by atoms with Crippen molar-refractivity contribution in [1.82, 2.24) is 9.80 Å². The summed E-state index contributed by atoms with van der Waals surface area (Å²) in [4.78, 5) is 5.00. The molecule has 0 N–H and O–H groups in total. The van der Waals surface area contributed by atoms with Gasteiger partial charge in [0, 0.05) is 29.9 Å². The summed E-state index contributed by atoms with van der Waals surface area (Å²) in [6, 6.07) is 12.3. The number of ether oxygens (including phenoxy) is 2. The van der Waals surface area contributed by atoms with Gasteiger partial charge in [0.05, 0.1) is 0 Å². The van der Waals surface area contributed by atoms with Crippen LogP contribution in [0.2, 0.25) is 0 Å². The van der Waals surface area contributed by atoms with Crippen LogP contribution in [0.4, 0.5) is 0 Å². The van der Waals surface area contributed by atoms with Crippen LogP contribution in [0.15, 0.2) is 40.8 Å².